The highest BCUT2D eigenvalue weighted by Gasteiger charge is 2.21. The molecule has 0 aliphatic rings. The summed E-state index contributed by atoms with van der Waals surface area (Å²) in [6.45, 7) is 0. The predicted octanol–water partition coefficient (Wildman–Crippen LogP) is 2.91. The van der Waals surface area contributed by atoms with E-state index in [2.05, 4.69) is 19.7 Å². The molecule has 1 aromatic carbocycles. The maximum atomic E-state index is 11.4. The first-order chi connectivity index (χ1) is 12.9. The second-order valence-corrected chi connectivity index (χ2v) is 7.69. The van der Waals surface area contributed by atoms with E-state index in [0.29, 0.717) is 28.4 Å². The second-order valence-electron chi connectivity index (χ2n) is 5.94. The number of hydrogen-bond donors (Lipinski definition) is 2. The summed E-state index contributed by atoms with van der Waals surface area (Å²) in [6.07, 6.45) is 5.80. The Balaban J connectivity index is 1.92. The van der Waals surface area contributed by atoms with E-state index >= 15 is 0 Å². The monoisotopic (exact) mass is 381 g/mol. The summed E-state index contributed by atoms with van der Waals surface area (Å²) in [7, 11) is -3.35. The third-order valence-corrected chi connectivity index (χ3v) is 4.52. The van der Waals surface area contributed by atoms with Gasteiger partial charge in [0, 0.05) is 29.2 Å². The summed E-state index contributed by atoms with van der Waals surface area (Å²) >= 11 is 0. The fraction of sp³-hybridized carbons (Fsp3) is 0.0556. The molecular formula is C18H15N5O3S. The third-order valence-electron chi connectivity index (χ3n) is 3.92. The summed E-state index contributed by atoms with van der Waals surface area (Å²) in [6, 6.07) is 10.6. The van der Waals surface area contributed by atoms with Gasteiger partial charge in [-0.3, -0.25) is 9.71 Å². The zero-order chi connectivity index (χ0) is 19.0. The van der Waals surface area contributed by atoms with Gasteiger partial charge in [-0.15, -0.1) is 0 Å². The number of nitrogen functional groups attached to an aromatic ring is 1. The molecule has 0 radical (unpaired) electrons. The molecule has 4 rings (SSSR count). The lowest BCUT2D eigenvalue weighted by molar-refractivity contribution is 0.606. The maximum absolute atomic E-state index is 11.4. The van der Waals surface area contributed by atoms with E-state index in [1.165, 1.54) is 6.33 Å². The van der Waals surface area contributed by atoms with Crippen LogP contribution in [0, 0.1) is 0 Å². The Morgan fingerprint density at radius 1 is 1.07 bits per heavy atom. The molecule has 27 heavy (non-hydrogen) atoms. The second kappa shape index (κ2) is 6.36. The van der Waals surface area contributed by atoms with E-state index in [-0.39, 0.29) is 0 Å². The van der Waals surface area contributed by atoms with E-state index < -0.39 is 10.0 Å². The van der Waals surface area contributed by atoms with Gasteiger partial charge in [0.05, 0.1) is 11.6 Å². The van der Waals surface area contributed by atoms with Crippen LogP contribution >= 0.6 is 0 Å². The van der Waals surface area contributed by atoms with Crippen LogP contribution in [-0.4, -0.2) is 29.6 Å². The van der Waals surface area contributed by atoms with Gasteiger partial charge in [0.2, 0.25) is 15.7 Å². The minimum absolute atomic E-state index is 0.298. The van der Waals surface area contributed by atoms with Crippen molar-refractivity contribution in [2.75, 3.05) is 16.7 Å². The molecule has 0 atom stereocenters. The molecule has 3 N–H and O–H groups in total. The lowest BCUT2D eigenvalue weighted by Gasteiger charge is -2.07. The molecule has 0 aliphatic carbocycles. The first-order valence-corrected chi connectivity index (χ1v) is 9.83. The Kier molecular flexibility index (Phi) is 4.00. The highest BCUT2D eigenvalue weighted by Crippen LogP contribution is 2.41. The highest BCUT2D eigenvalue weighted by atomic mass is 32.2. The quantitative estimate of drug-likeness (QED) is 0.557. The van der Waals surface area contributed by atoms with Crippen molar-refractivity contribution in [1.82, 2.24) is 15.0 Å². The van der Waals surface area contributed by atoms with Crippen LogP contribution in [-0.2, 0) is 10.0 Å². The number of pyridine rings is 1. The molecule has 0 fully saturated rings. The van der Waals surface area contributed by atoms with Crippen LogP contribution < -0.4 is 10.5 Å². The summed E-state index contributed by atoms with van der Waals surface area (Å²) in [5, 5.41) is 0.597. The van der Waals surface area contributed by atoms with Crippen LogP contribution in [0.15, 0.2) is 59.5 Å². The molecular weight excluding hydrogens is 366 g/mol. The average Bonchev–Trinajstić information content (AvgIpc) is 3.03. The van der Waals surface area contributed by atoms with Gasteiger partial charge in [-0.25, -0.2) is 18.4 Å². The summed E-state index contributed by atoms with van der Waals surface area (Å²) in [5.41, 5.74) is 9.19. The minimum atomic E-state index is -3.35. The van der Waals surface area contributed by atoms with Crippen molar-refractivity contribution in [2.45, 2.75) is 0 Å². The Labute approximate surface area is 155 Å². The molecule has 4 aromatic rings. The standard InChI is InChI=1S/C18H15N5O3S/c1-27(24,25)23-13-6-4-11(5-7-13)14-15-17(19)21-10-22-18(15)26-16(14)12-3-2-8-20-9-12/h2-10,23H,1H3,(H2,19,21,22). The maximum Gasteiger partial charge on any atom is 0.232 e. The van der Waals surface area contributed by atoms with E-state index in [1.807, 2.05) is 6.07 Å². The molecule has 3 aromatic heterocycles. The van der Waals surface area contributed by atoms with Crippen LogP contribution in [0.3, 0.4) is 0 Å². The van der Waals surface area contributed by atoms with Gasteiger partial charge in [-0.05, 0) is 29.8 Å². The first-order valence-electron chi connectivity index (χ1n) is 7.94. The SMILES string of the molecule is CS(=O)(=O)Nc1ccc(-c2c(-c3cccnc3)oc3ncnc(N)c23)cc1. The highest BCUT2D eigenvalue weighted by molar-refractivity contribution is 7.92. The third kappa shape index (κ3) is 3.32. The van der Waals surface area contributed by atoms with Crippen molar-refractivity contribution in [1.29, 1.82) is 0 Å². The van der Waals surface area contributed by atoms with Gasteiger partial charge in [0.1, 0.15) is 17.9 Å². The molecule has 0 saturated heterocycles. The van der Waals surface area contributed by atoms with E-state index in [4.69, 9.17) is 10.2 Å². The van der Waals surface area contributed by atoms with E-state index in [9.17, 15) is 8.42 Å². The molecule has 0 aliphatic heterocycles. The molecule has 0 spiro atoms. The molecule has 8 nitrogen and oxygen atoms in total. The number of sulfonamides is 1. The topological polar surface area (TPSA) is 124 Å². The zero-order valence-corrected chi connectivity index (χ0v) is 15.1. The van der Waals surface area contributed by atoms with Crippen molar-refractivity contribution in [2.24, 2.45) is 0 Å². The fourth-order valence-corrected chi connectivity index (χ4v) is 3.41. The normalized spacial score (nSPS) is 11.6. The molecule has 0 amide bonds. The number of nitrogens with zero attached hydrogens (tertiary/aromatic N) is 3. The van der Waals surface area contributed by atoms with Crippen LogP contribution in [0.2, 0.25) is 0 Å². The number of fused-ring (bicyclic) bond motifs is 1. The van der Waals surface area contributed by atoms with Crippen molar-refractivity contribution in [3.05, 3.63) is 55.1 Å². The van der Waals surface area contributed by atoms with E-state index in [1.54, 1.807) is 42.7 Å². The van der Waals surface area contributed by atoms with Crippen molar-refractivity contribution in [3.63, 3.8) is 0 Å². The molecule has 3 heterocycles. The van der Waals surface area contributed by atoms with Crippen LogP contribution in [0.1, 0.15) is 0 Å². The van der Waals surface area contributed by atoms with Crippen molar-refractivity contribution >= 4 is 32.6 Å². The zero-order valence-electron chi connectivity index (χ0n) is 14.2. The number of nitrogens with one attached hydrogen (secondary N) is 1. The number of aromatic nitrogens is 3. The van der Waals surface area contributed by atoms with Gasteiger partial charge in [-0.1, -0.05) is 12.1 Å². The lowest BCUT2D eigenvalue weighted by atomic mass is 10.00. The predicted molar refractivity (Wildman–Crippen MR) is 103 cm³/mol. The average molecular weight is 381 g/mol. The minimum Gasteiger partial charge on any atom is -0.437 e. The fourth-order valence-electron chi connectivity index (χ4n) is 2.85. The number of benzene rings is 1. The number of nitrogens with two attached hydrogens (primary N) is 1. The Morgan fingerprint density at radius 3 is 2.52 bits per heavy atom. The Morgan fingerprint density at radius 2 is 1.85 bits per heavy atom. The van der Waals surface area contributed by atoms with Gasteiger partial charge in [0.25, 0.3) is 0 Å². The smallest absolute Gasteiger partial charge is 0.232 e. The first kappa shape index (κ1) is 17.0. The molecule has 9 heteroatoms. The Hall–Kier alpha value is -3.46. The summed E-state index contributed by atoms with van der Waals surface area (Å²) < 4.78 is 31.2. The molecule has 0 unspecified atom stereocenters. The van der Waals surface area contributed by atoms with Crippen molar-refractivity contribution < 1.29 is 12.8 Å². The lowest BCUT2D eigenvalue weighted by Crippen LogP contribution is -2.09. The van der Waals surface area contributed by atoms with Crippen LogP contribution in [0.5, 0.6) is 0 Å². The molecule has 0 saturated carbocycles. The van der Waals surface area contributed by atoms with E-state index in [0.717, 1.165) is 22.9 Å². The van der Waals surface area contributed by atoms with Crippen molar-refractivity contribution in [3.8, 4) is 22.5 Å². The van der Waals surface area contributed by atoms with Gasteiger partial charge < -0.3 is 10.2 Å². The van der Waals surface area contributed by atoms with Gasteiger partial charge in [-0.2, -0.15) is 0 Å². The number of rotatable bonds is 4. The van der Waals surface area contributed by atoms with Gasteiger partial charge in [0.15, 0.2) is 0 Å². The van der Waals surface area contributed by atoms with Gasteiger partial charge >= 0.3 is 0 Å². The molecule has 0 bridgehead atoms. The number of furan rings is 1. The Bertz CT molecular complexity index is 1220. The number of anilines is 2. The summed E-state index contributed by atoms with van der Waals surface area (Å²) in [4.78, 5) is 12.4. The summed E-state index contributed by atoms with van der Waals surface area (Å²) in [5.74, 6) is 0.862. The largest absolute Gasteiger partial charge is 0.437 e. The van der Waals surface area contributed by atoms with Crippen LogP contribution in [0.25, 0.3) is 33.6 Å². The van der Waals surface area contributed by atoms with Crippen LogP contribution in [0.4, 0.5) is 11.5 Å². The molecule has 136 valence electrons. The number of hydrogen-bond acceptors (Lipinski definition) is 7.